The summed E-state index contributed by atoms with van der Waals surface area (Å²) in [6.07, 6.45) is 1.67. The molecule has 120 valence electrons. The van der Waals surface area contributed by atoms with Crippen LogP contribution in [-0.4, -0.2) is 35.5 Å². The first-order chi connectivity index (χ1) is 11.1. The van der Waals surface area contributed by atoms with Crippen LogP contribution in [-0.2, 0) is 4.79 Å². The van der Waals surface area contributed by atoms with Gasteiger partial charge in [-0.2, -0.15) is 5.10 Å². The van der Waals surface area contributed by atoms with Crippen molar-refractivity contribution >= 4 is 17.5 Å². The van der Waals surface area contributed by atoms with Gasteiger partial charge in [-0.15, -0.1) is 0 Å². The SMILES string of the molecule is COc1cc(/C(C)=N/Nc2ccccn2)ccc1OCC(=O)O. The molecule has 7 heteroatoms. The standard InChI is InChI=1S/C16H17N3O4/c1-11(18-19-15-5-3-4-8-17-15)12-6-7-13(14(9-12)22-2)23-10-16(20)21/h3-9H,10H2,1-2H3,(H,17,19)(H,20,21)/b18-11+. The van der Waals surface area contributed by atoms with Crippen LogP contribution in [0.5, 0.6) is 11.5 Å². The lowest BCUT2D eigenvalue weighted by Gasteiger charge is -2.11. The monoisotopic (exact) mass is 315 g/mol. The van der Waals surface area contributed by atoms with E-state index in [1.165, 1.54) is 7.11 Å². The Bertz CT molecular complexity index is 702. The third-order valence-electron chi connectivity index (χ3n) is 2.94. The van der Waals surface area contributed by atoms with Crippen molar-refractivity contribution < 1.29 is 19.4 Å². The Labute approximate surface area is 133 Å². The van der Waals surface area contributed by atoms with Gasteiger partial charge in [0.2, 0.25) is 0 Å². The van der Waals surface area contributed by atoms with Crippen LogP contribution in [0.4, 0.5) is 5.82 Å². The highest BCUT2D eigenvalue weighted by molar-refractivity contribution is 5.99. The summed E-state index contributed by atoms with van der Waals surface area (Å²) in [5, 5.41) is 12.9. The highest BCUT2D eigenvalue weighted by Crippen LogP contribution is 2.28. The number of methoxy groups -OCH3 is 1. The topological polar surface area (TPSA) is 93.0 Å². The fraction of sp³-hybridized carbons (Fsp3) is 0.188. The maximum atomic E-state index is 10.6. The summed E-state index contributed by atoms with van der Waals surface area (Å²) >= 11 is 0. The van der Waals surface area contributed by atoms with Gasteiger partial charge in [-0.1, -0.05) is 6.07 Å². The molecule has 7 nitrogen and oxygen atoms in total. The molecule has 1 aromatic heterocycles. The Kier molecular flexibility index (Phi) is 5.51. The van der Waals surface area contributed by atoms with E-state index in [4.69, 9.17) is 14.6 Å². The number of rotatable bonds is 7. The van der Waals surface area contributed by atoms with Gasteiger partial charge >= 0.3 is 5.97 Å². The number of carboxylic acid groups (broad SMARTS) is 1. The van der Waals surface area contributed by atoms with Crippen LogP contribution in [0, 0.1) is 0 Å². The number of benzene rings is 1. The van der Waals surface area contributed by atoms with E-state index in [0.717, 1.165) is 11.3 Å². The molecule has 23 heavy (non-hydrogen) atoms. The van der Waals surface area contributed by atoms with Gasteiger partial charge in [0, 0.05) is 11.8 Å². The molecule has 0 radical (unpaired) electrons. The van der Waals surface area contributed by atoms with E-state index in [1.807, 2.05) is 19.1 Å². The molecule has 0 atom stereocenters. The fourth-order valence-corrected chi connectivity index (χ4v) is 1.79. The molecule has 0 fully saturated rings. The molecule has 2 rings (SSSR count). The Balaban J connectivity index is 2.14. The predicted molar refractivity (Wildman–Crippen MR) is 86.2 cm³/mol. The van der Waals surface area contributed by atoms with Crippen LogP contribution >= 0.6 is 0 Å². The third-order valence-corrected chi connectivity index (χ3v) is 2.94. The smallest absolute Gasteiger partial charge is 0.341 e. The molecule has 0 bridgehead atoms. The van der Waals surface area contributed by atoms with Crippen molar-refractivity contribution in [2.24, 2.45) is 5.10 Å². The number of nitrogens with one attached hydrogen (secondary N) is 1. The minimum Gasteiger partial charge on any atom is -0.493 e. The Morgan fingerprint density at radius 2 is 2.13 bits per heavy atom. The van der Waals surface area contributed by atoms with Gasteiger partial charge in [0.1, 0.15) is 5.82 Å². The number of pyridine rings is 1. The number of aliphatic carboxylic acids is 1. The van der Waals surface area contributed by atoms with Crippen LogP contribution in [0.2, 0.25) is 0 Å². The maximum Gasteiger partial charge on any atom is 0.341 e. The second kappa shape index (κ2) is 7.79. The molecule has 0 saturated heterocycles. The first-order valence-corrected chi connectivity index (χ1v) is 6.84. The van der Waals surface area contributed by atoms with Crippen molar-refractivity contribution in [2.45, 2.75) is 6.92 Å². The number of carboxylic acids is 1. The van der Waals surface area contributed by atoms with E-state index in [9.17, 15) is 4.79 Å². The maximum absolute atomic E-state index is 10.6. The molecule has 1 aromatic carbocycles. The van der Waals surface area contributed by atoms with Gasteiger partial charge in [-0.05, 0) is 37.3 Å². The fourth-order valence-electron chi connectivity index (χ4n) is 1.79. The quantitative estimate of drug-likeness (QED) is 0.602. The Morgan fingerprint density at radius 1 is 1.30 bits per heavy atom. The van der Waals surface area contributed by atoms with Gasteiger partial charge in [-0.25, -0.2) is 9.78 Å². The largest absolute Gasteiger partial charge is 0.493 e. The Morgan fingerprint density at radius 3 is 2.78 bits per heavy atom. The minimum atomic E-state index is -1.05. The summed E-state index contributed by atoms with van der Waals surface area (Å²) in [5.41, 5.74) is 4.40. The number of carbonyl (C=O) groups is 1. The van der Waals surface area contributed by atoms with Crippen LogP contribution in [0.25, 0.3) is 0 Å². The molecule has 2 aromatic rings. The zero-order valence-electron chi connectivity index (χ0n) is 12.8. The van der Waals surface area contributed by atoms with Gasteiger partial charge in [0.05, 0.1) is 12.8 Å². The number of hydrazone groups is 1. The number of nitrogens with zero attached hydrogens (tertiary/aromatic N) is 2. The summed E-state index contributed by atoms with van der Waals surface area (Å²) in [7, 11) is 1.49. The molecule has 0 unspecified atom stereocenters. The zero-order valence-corrected chi connectivity index (χ0v) is 12.8. The molecule has 0 spiro atoms. The number of hydrogen-bond donors (Lipinski definition) is 2. The highest BCUT2D eigenvalue weighted by atomic mass is 16.5. The lowest BCUT2D eigenvalue weighted by atomic mass is 10.1. The summed E-state index contributed by atoms with van der Waals surface area (Å²) < 4.78 is 10.4. The second-order valence-electron chi connectivity index (χ2n) is 4.57. The lowest BCUT2D eigenvalue weighted by molar-refractivity contribution is -0.139. The van der Waals surface area contributed by atoms with Gasteiger partial charge < -0.3 is 14.6 Å². The number of ether oxygens (including phenoxy) is 2. The van der Waals surface area contributed by atoms with E-state index in [-0.39, 0.29) is 0 Å². The van der Waals surface area contributed by atoms with Crippen molar-refractivity contribution in [1.82, 2.24) is 4.98 Å². The van der Waals surface area contributed by atoms with Gasteiger partial charge in [0.25, 0.3) is 0 Å². The molecule has 0 aliphatic rings. The molecular weight excluding hydrogens is 298 g/mol. The summed E-state index contributed by atoms with van der Waals surface area (Å²) in [6, 6.07) is 10.6. The van der Waals surface area contributed by atoms with Crippen LogP contribution in [0.3, 0.4) is 0 Å². The number of anilines is 1. The molecule has 2 N–H and O–H groups in total. The van der Waals surface area contributed by atoms with E-state index >= 15 is 0 Å². The summed E-state index contributed by atoms with van der Waals surface area (Å²) in [5.74, 6) is 0.397. The predicted octanol–water partition coefficient (Wildman–Crippen LogP) is 2.39. The van der Waals surface area contributed by atoms with Crippen molar-refractivity contribution in [3.63, 3.8) is 0 Å². The van der Waals surface area contributed by atoms with Gasteiger partial charge in [-0.3, -0.25) is 5.43 Å². The van der Waals surface area contributed by atoms with E-state index in [2.05, 4.69) is 15.5 Å². The molecule has 0 aliphatic carbocycles. The first kappa shape index (κ1) is 16.3. The van der Waals surface area contributed by atoms with Crippen LogP contribution < -0.4 is 14.9 Å². The van der Waals surface area contributed by atoms with Crippen molar-refractivity contribution in [3.05, 3.63) is 48.2 Å². The average molecular weight is 315 g/mol. The molecular formula is C16H17N3O4. The van der Waals surface area contributed by atoms with Crippen molar-refractivity contribution in [2.75, 3.05) is 19.1 Å². The van der Waals surface area contributed by atoms with Crippen molar-refractivity contribution in [3.8, 4) is 11.5 Å². The summed E-state index contributed by atoms with van der Waals surface area (Å²) in [4.78, 5) is 14.7. The minimum absolute atomic E-state index is 0.365. The van der Waals surface area contributed by atoms with E-state index in [1.54, 1.807) is 30.5 Å². The third kappa shape index (κ3) is 4.70. The second-order valence-corrected chi connectivity index (χ2v) is 4.57. The van der Waals surface area contributed by atoms with Crippen LogP contribution in [0.15, 0.2) is 47.7 Å². The number of aromatic nitrogens is 1. The summed E-state index contributed by atoms with van der Waals surface area (Å²) in [6.45, 7) is 1.41. The van der Waals surface area contributed by atoms with Crippen LogP contribution in [0.1, 0.15) is 12.5 Å². The Hall–Kier alpha value is -3.09. The van der Waals surface area contributed by atoms with E-state index < -0.39 is 12.6 Å². The zero-order chi connectivity index (χ0) is 16.7. The number of hydrogen-bond acceptors (Lipinski definition) is 6. The highest BCUT2D eigenvalue weighted by Gasteiger charge is 2.09. The molecule has 1 heterocycles. The first-order valence-electron chi connectivity index (χ1n) is 6.84. The molecule has 0 aliphatic heterocycles. The lowest BCUT2D eigenvalue weighted by Crippen LogP contribution is -2.10. The molecule has 0 saturated carbocycles. The average Bonchev–Trinajstić information content (AvgIpc) is 2.58. The van der Waals surface area contributed by atoms with Gasteiger partial charge in [0.15, 0.2) is 18.1 Å². The van der Waals surface area contributed by atoms with Crippen molar-refractivity contribution in [1.29, 1.82) is 0 Å². The normalized spacial score (nSPS) is 11.0. The van der Waals surface area contributed by atoms with E-state index in [0.29, 0.717) is 17.3 Å². The molecule has 0 amide bonds.